The summed E-state index contributed by atoms with van der Waals surface area (Å²) in [5.41, 5.74) is 10.5. The van der Waals surface area contributed by atoms with Crippen molar-refractivity contribution in [1.29, 1.82) is 0 Å². The van der Waals surface area contributed by atoms with Crippen LogP contribution in [0.2, 0.25) is 0 Å². The van der Waals surface area contributed by atoms with Crippen molar-refractivity contribution in [2.75, 3.05) is 12.0 Å². The molecule has 0 aliphatic rings. The molecule has 0 aliphatic heterocycles. The van der Waals surface area contributed by atoms with Gasteiger partial charge in [-0.1, -0.05) is 0 Å². The SMILES string of the molecule is CSc1c(C)cnc(Cn2cnc3c(Br)nc(N)nc32)c1C. The molecule has 0 aromatic carbocycles. The van der Waals surface area contributed by atoms with Gasteiger partial charge in [0.05, 0.1) is 18.6 Å². The average Bonchev–Trinajstić information content (AvgIpc) is 2.86. The summed E-state index contributed by atoms with van der Waals surface area (Å²) in [4.78, 5) is 18.5. The predicted molar refractivity (Wildman–Crippen MR) is 92.0 cm³/mol. The van der Waals surface area contributed by atoms with Crippen LogP contribution in [0.15, 0.2) is 22.0 Å². The van der Waals surface area contributed by atoms with Crippen molar-refractivity contribution in [3.8, 4) is 0 Å². The van der Waals surface area contributed by atoms with Gasteiger partial charge in [-0.2, -0.15) is 4.98 Å². The van der Waals surface area contributed by atoms with E-state index in [1.165, 1.54) is 16.0 Å². The maximum Gasteiger partial charge on any atom is 0.223 e. The summed E-state index contributed by atoms with van der Waals surface area (Å²) in [5, 5.41) is 0. The van der Waals surface area contributed by atoms with Gasteiger partial charge < -0.3 is 10.3 Å². The molecule has 0 amide bonds. The molecule has 0 saturated carbocycles. The molecule has 114 valence electrons. The predicted octanol–water partition coefficient (Wildman–Crippen LogP) is 2.95. The van der Waals surface area contributed by atoms with Gasteiger partial charge in [0.1, 0.15) is 10.1 Å². The van der Waals surface area contributed by atoms with Gasteiger partial charge in [0, 0.05) is 11.1 Å². The summed E-state index contributed by atoms with van der Waals surface area (Å²) >= 11 is 5.11. The lowest BCUT2D eigenvalue weighted by molar-refractivity contribution is 0.774. The first kappa shape index (κ1) is 15.2. The standard InChI is InChI=1S/C14H15BrN6S/c1-7-4-17-9(8(2)11(7)22-3)5-21-6-18-10-12(15)19-14(16)20-13(10)21/h4,6H,5H2,1-3H3,(H2,16,19,20). The van der Waals surface area contributed by atoms with Gasteiger partial charge in [-0.05, 0) is 47.2 Å². The largest absolute Gasteiger partial charge is 0.368 e. The number of anilines is 1. The Morgan fingerprint density at radius 2 is 2.05 bits per heavy atom. The summed E-state index contributed by atoms with van der Waals surface area (Å²) in [6.07, 6.45) is 5.73. The van der Waals surface area contributed by atoms with Crippen LogP contribution in [0.1, 0.15) is 16.8 Å². The molecule has 8 heteroatoms. The van der Waals surface area contributed by atoms with E-state index in [4.69, 9.17) is 5.73 Å². The molecule has 2 N–H and O–H groups in total. The summed E-state index contributed by atoms with van der Waals surface area (Å²) in [7, 11) is 0. The second-order valence-electron chi connectivity index (χ2n) is 4.96. The first-order valence-corrected chi connectivity index (χ1v) is 8.66. The Balaban J connectivity index is 2.08. The smallest absolute Gasteiger partial charge is 0.223 e. The van der Waals surface area contributed by atoms with Gasteiger partial charge >= 0.3 is 0 Å². The molecule has 0 radical (unpaired) electrons. The number of rotatable bonds is 3. The molecule has 3 rings (SSSR count). The van der Waals surface area contributed by atoms with Gasteiger partial charge in [0.15, 0.2) is 5.65 Å². The molecule has 0 atom stereocenters. The van der Waals surface area contributed by atoms with E-state index >= 15 is 0 Å². The number of nitrogens with two attached hydrogens (primary N) is 1. The van der Waals surface area contributed by atoms with Crippen LogP contribution in [0, 0.1) is 13.8 Å². The van der Waals surface area contributed by atoms with Gasteiger partial charge in [0.25, 0.3) is 0 Å². The highest BCUT2D eigenvalue weighted by atomic mass is 79.9. The second kappa shape index (κ2) is 5.85. The van der Waals surface area contributed by atoms with Gasteiger partial charge in [-0.3, -0.25) is 4.98 Å². The number of halogens is 1. The van der Waals surface area contributed by atoms with Crippen molar-refractivity contribution in [2.45, 2.75) is 25.3 Å². The molecule has 0 bridgehead atoms. The molecule has 0 aliphatic carbocycles. The lowest BCUT2D eigenvalue weighted by Crippen LogP contribution is -2.06. The van der Waals surface area contributed by atoms with E-state index in [0.717, 1.165) is 5.69 Å². The van der Waals surface area contributed by atoms with E-state index in [9.17, 15) is 0 Å². The number of fused-ring (bicyclic) bond motifs is 1. The van der Waals surface area contributed by atoms with Crippen LogP contribution < -0.4 is 5.73 Å². The zero-order valence-corrected chi connectivity index (χ0v) is 14.9. The van der Waals surface area contributed by atoms with Crippen molar-refractivity contribution in [3.05, 3.63) is 33.9 Å². The number of aryl methyl sites for hydroxylation is 1. The summed E-state index contributed by atoms with van der Waals surface area (Å²) in [5.74, 6) is 0.222. The molecule has 22 heavy (non-hydrogen) atoms. The fourth-order valence-electron chi connectivity index (χ4n) is 2.43. The van der Waals surface area contributed by atoms with Gasteiger partial charge in [-0.25, -0.2) is 9.97 Å². The van der Waals surface area contributed by atoms with Crippen LogP contribution in [-0.4, -0.2) is 30.8 Å². The third-order valence-corrected chi connectivity index (χ3v) is 5.10. The van der Waals surface area contributed by atoms with Crippen LogP contribution in [-0.2, 0) is 6.54 Å². The summed E-state index contributed by atoms with van der Waals surface area (Å²) in [6, 6.07) is 0. The molecule has 0 saturated heterocycles. The Kier molecular flexibility index (Phi) is 4.05. The number of imidazole rings is 1. The molecule has 6 nitrogen and oxygen atoms in total. The average molecular weight is 379 g/mol. The monoisotopic (exact) mass is 378 g/mol. The second-order valence-corrected chi connectivity index (χ2v) is 6.53. The lowest BCUT2D eigenvalue weighted by Gasteiger charge is -2.12. The first-order chi connectivity index (χ1) is 10.5. The number of pyridine rings is 1. The Labute approximate surface area is 140 Å². The van der Waals surface area contributed by atoms with Crippen LogP contribution in [0.5, 0.6) is 0 Å². The molecule has 3 aromatic heterocycles. The van der Waals surface area contributed by atoms with E-state index in [2.05, 4.69) is 56.0 Å². The number of nitrogens with zero attached hydrogens (tertiary/aromatic N) is 5. The highest BCUT2D eigenvalue weighted by Gasteiger charge is 2.13. The zero-order chi connectivity index (χ0) is 15.9. The Morgan fingerprint density at radius 1 is 1.27 bits per heavy atom. The number of hydrogen-bond acceptors (Lipinski definition) is 6. The summed E-state index contributed by atoms with van der Waals surface area (Å²) < 4.78 is 2.54. The highest BCUT2D eigenvalue weighted by Crippen LogP contribution is 2.27. The van der Waals surface area contributed by atoms with Gasteiger partial charge in [-0.15, -0.1) is 11.8 Å². The topological polar surface area (TPSA) is 82.5 Å². The molecular weight excluding hydrogens is 364 g/mol. The van der Waals surface area contributed by atoms with Crippen LogP contribution in [0.3, 0.4) is 0 Å². The van der Waals surface area contributed by atoms with Crippen LogP contribution in [0.25, 0.3) is 11.2 Å². The molecular formula is C14H15BrN6S. The number of hydrogen-bond donors (Lipinski definition) is 1. The lowest BCUT2D eigenvalue weighted by atomic mass is 10.1. The van der Waals surface area contributed by atoms with Crippen LogP contribution >= 0.6 is 27.7 Å². The molecule has 3 heterocycles. The minimum absolute atomic E-state index is 0.222. The third-order valence-electron chi connectivity index (χ3n) is 3.51. The van der Waals surface area contributed by atoms with Crippen molar-refractivity contribution < 1.29 is 0 Å². The summed E-state index contributed by atoms with van der Waals surface area (Å²) in [6.45, 7) is 4.77. The van der Waals surface area contributed by atoms with Crippen molar-refractivity contribution in [1.82, 2.24) is 24.5 Å². The Hall–Kier alpha value is -1.67. The fraction of sp³-hybridized carbons (Fsp3) is 0.286. The quantitative estimate of drug-likeness (QED) is 0.557. The van der Waals surface area contributed by atoms with E-state index in [-0.39, 0.29) is 5.95 Å². The minimum atomic E-state index is 0.222. The highest BCUT2D eigenvalue weighted by molar-refractivity contribution is 9.10. The van der Waals surface area contributed by atoms with Gasteiger partial charge in [0.2, 0.25) is 5.95 Å². The van der Waals surface area contributed by atoms with E-state index in [1.807, 2.05) is 10.8 Å². The number of thioether (sulfide) groups is 1. The van der Waals surface area contributed by atoms with E-state index < -0.39 is 0 Å². The molecule has 3 aromatic rings. The Bertz CT molecular complexity index is 860. The fourth-order valence-corrected chi connectivity index (χ4v) is 3.69. The maximum atomic E-state index is 5.73. The van der Waals surface area contributed by atoms with Crippen molar-refractivity contribution in [3.63, 3.8) is 0 Å². The van der Waals surface area contributed by atoms with E-state index in [1.54, 1.807) is 18.1 Å². The van der Waals surface area contributed by atoms with Crippen molar-refractivity contribution >= 4 is 44.8 Å². The number of aromatic nitrogens is 5. The molecule has 0 fully saturated rings. The number of nitrogen functional groups attached to an aromatic ring is 1. The maximum absolute atomic E-state index is 5.73. The van der Waals surface area contributed by atoms with E-state index in [0.29, 0.717) is 22.3 Å². The van der Waals surface area contributed by atoms with Crippen LogP contribution in [0.4, 0.5) is 5.95 Å². The first-order valence-electron chi connectivity index (χ1n) is 6.64. The van der Waals surface area contributed by atoms with Crippen molar-refractivity contribution in [2.24, 2.45) is 0 Å². The molecule has 0 spiro atoms. The zero-order valence-electron chi connectivity index (χ0n) is 12.5. The Morgan fingerprint density at radius 3 is 2.77 bits per heavy atom. The minimum Gasteiger partial charge on any atom is -0.368 e. The third kappa shape index (κ3) is 2.56. The normalized spacial score (nSPS) is 11.3. The molecule has 0 unspecified atom stereocenters.